The fraction of sp³-hybridized carbons (Fsp3) is 0.0667. The summed E-state index contributed by atoms with van der Waals surface area (Å²) in [7, 11) is 0. The van der Waals surface area contributed by atoms with Crippen LogP contribution in [0.15, 0.2) is 46.0 Å². The molecule has 0 aliphatic carbocycles. The SMILES string of the molecule is O=C(NCc1cc(C(=O)O)c(Nn2c(=O)c2=O)s1)Nc1ccccc1. The molecule has 128 valence electrons. The lowest BCUT2D eigenvalue weighted by Gasteiger charge is -2.06. The zero-order valence-corrected chi connectivity index (χ0v) is 13.4. The first-order valence-corrected chi connectivity index (χ1v) is 7.88. The number of aromatic carboxylic acids is 1. The number of anilines is 2. The van der Waals surface area contributed by atoms with E-state index in [1.165, 1.54) is 6.07 Å². The van der Waals surface area contributed by atoms with Crippen LogP contribution in [0.5, 0.6) is 0 Å². The minimum absolute atomic E-state index is 0.0854. The van der Waals surface area contributed by atoms with Crippen molar-refractivity contribution in [3.05, 3.63) is 67.5 Å². The molecule has 4 N–H and O–H groups in total. The van der Waals surface area contributed by atoms with Crippen molar-refractivity contribution in [2.45, 2.75) is 6.54 Å². The standard InChI is InChI=1S/C15H12N4O5S/c20-12-13(21)19(12)18-11-10(14(22)23)6-9(25-11)7-16-15(24)17-8-4-2-1-3-5-8/h1-6,18H,7H2,(H,22,23)(H2,16,17,24). The van der Waals surface area contributed by atoms with Gasteiger partial charge in [0.2, 0.25) is 0 Å². The number of carboxylic acid groups (broad SMARTS) is 1. The maximum Gasteiger partial charge on any atom is 0.340 e. The van der Waals surface area contributed by atoms with Gasteiger partial charge in [-0.15, -0.1) is 11.3 Å². The number of hydrogen-bond acceptors (Lipinski definition) is 6. The Morgan fingerprint density at radius 1 is 1.12 bits per heavy atom. The second kappa shape index (κ2) is 6.61. The normalized spacial score (nSPS) is 10.6. The Morgan fingerprint density at radius 3 is 2.40 bits per heavy atom. The molecule has 0 aliphatic heterocycles. The van der Waals surface area contributed by atoms with E-state index < -0.39 is 23.1 Å². The minimum Gasteiger partial charge on any atom is -0.478 e. The molecule has 2 aromatic heterocycles. The third-order valence-electron chi connectivity index (χ3n) is 3.22. The summed E-state index contributed by atoms with van der Waals surface area (Å²) in [5.74, 6) is -1.21. The van der Waals surface area contributed by atoms with Crippen molar-refractivity contribution < 1.29 is 14.7 Å². The van der Waals surface area contributed by atoms with Crippen LogP contribution in [0.4, 0.5) is 15.5 Å². The van der Waals surface area contributed by atoms with Gasteiger partial charge in [-0.2, -0.15) is 4.68 Å². The lowest BCUT2D eigenvalue weighted by atomic mass is 10.3. The summed E-state index contributed by atoms with van der Waals surface area (Å²) in [5.41, 5.74) is 1.53. The number of para-hydroxylation sites is 1. The Hall–Kier alpha value is -3.40. The number of nitrogens with one attached hydrogen (secondary N) is 3. The second-order valence-electron chi connectivity index (χ2n) is 4.99. The van der Waals surface area contributed by atoms with Gasteiger partial charge in [0.05, 0.1) is 12.1 Å². The lowest BCUT2D eigenvalue weighted by molar-refractivity contribution is 0.0698. The van der Waals surface area contributed by atoms with E-state index in [1.807, 2.05) is 6.07 Å². The van der Waals surface area contributed by atoms with Crippen LogP contribution < -0.4 is 27.2 Å². The average Bonchev–Trinajstić information content (AvgIpc) is 2.99. The van der Waals surface area contributed by atoms with Crippen LogP contribution in [-0.2, 0) is 6.54 Å². The molecule has 25 heavy (non-hydrogen) atoms. The average molecular weight is 360 g/mol. The summed E-state index contributed by atoms with van der Waals surface area (Å²) in [6.07, 6.45) is 0. The molecule has 0 spiro atoms. The molecule has 3 aromatic rings. The number of benzene rings is 1. The van der Waals surface area contributed by atoms with Gasteiger partial charge < -0.3 is 15.7 Å². The third-order valence-corrected chi connectivity index (χ3v) is 4.26. The number of carbonyl (C=O) groups excluding carboxylic acids is 1. The molecule has 3 rings (SSSR count). The van der Waals surface area contributed by atoms with Crippen LogP contribution in [0.25, 0.3) is 0 Å². The van der Waals surface area contributed by atoms with Gasteiger partial charge in [0.25, 0.3) is 0 Å². The number of hydrogen-bond donors (Lipinski definition) is 4. The van der Waals surface area contributed by atoms with Crippen molar-refractivity contribution in [3.8, 4) is 0 Å². The van der Waals surface area contributed by atoms with Gasteiger partial charge in [-0.05, 0) is 18.2 Å². The van der Waals surface area contributed by atoms with Crippen LogP contribution in [-0.4, -0.2) is 21.8 Å². The molecule has 0 unspecified atom stereocenters. The highest BCUT2D eigenvalue weighted by molar-refractivity contribution is 7.16. The van der Waals surface area contributed by atoms with E-state index >= 15 is 0 Å². The van der Waals surface area contributed by atoms with Crippen molar-refractivity contribution in [2.24, 2.45) is 0 Å². The van der Waals surface area contributed by atoms with E-state index in [9.17, 15) is 24.3 Å². The van der Waals surface area contributed by atoms with E-state index in [0.717, 1.165) is 16.0 Å². The molecule has 0 fully saturated rings. The van der Waals surface area contributed by atoms with Crippen LogP contribution in [0, 0.1) is 0 Å². The van der Waals surface area contributed by atoms with E-state index in [2.05, 4.69) is 16.1 Å². The third kappa shape index (κ3) is 3.75. The van der Waals surface area contributed by atoms with Crippen LogP contribution >= 0.6 is 11.3 Å². The molecule has 0 bridgehead atoms. The van der Waals surface area contributed by atoms with Crippen molar-refractivity contribution in [2.75, 3.05) is 10.7 Å². The molecule has 9 nitrogen and oxygen atoms in total. The van der Waals surface area contributed by atoms with Gasteiger partial charge >= 0.3 is 23.1 Å². The Balaban J connectivity index is 1.65. The largest absolute Gasteiger partial charge is 0.478 e. The predicted molar refractivity (Wildman–Crippen MR) is 91.9 cm³/mol. The second-order valence-corrected chi connectivity index (χ2v) is 6.13. The van der Waals surface area contributed by atoms with Crippen LogP contribution in [0.3, 0.4) is 0 Å². The number of thiophene rings is 1. The van der Waals surface area contributed by atoms with Crippen LogP contribution in [0.2, 0.25) is 0 Å². The van der Waals surface area contributed by atoms with Crippen molar-refractivity contribution in [1.82, 2.24) is 9.99 Å². The Bertz CT molecular complexity index is 975. The van der Waals surface area contributed by atoms with E-state index in [4.69, 9.17) is 0 Å². The first-order valence-electron chi connectivity index (χ1n) is 7.06. The van der Waals surface area contributed by atoms with Crippen LogP contribution in [0.1, 0.15) is 15.2 Å². The molecule has 2 heterocycles. The van der Waals surface area contributed by atoms with Gasteiger partial charge in [-0.1, -0.05) is 18.2 Å². The number of urea groups is 1. The van der Waals surface area contributed by atoms with Gasteiger partial charge in [-0.25, -0.2) is 9.59 Å². The molecule has 0 saturated carbocycles. The van der Waals surface area contributed by atoms with E-state index in [1.54, 1.807) is 24.3 Å². The monoisotopic (exact) mass is 360 g/mol. The summed E-state index contributed by atoms with van der Waals surface area (Å²) >= 11 is 1.03. The van der Waals surface area contributed by atoms with Gasteiger partial charge in [0, 0.05) is 10.6 Å². The molecule has 0 saturated heterocycles. The molecular weight excluding hydrogens is 348 g/mol. The van der Waals surface area contributed by atoms with Gasteiger partial charge in [0.15, 0.2) is 0 Å². The summed E-state index contributed by atoms with van der Waals surface area (Å²) in [5, 5.41) is 14.6. The minimum atomic E-state index is -1.21. The Morgan fingerprint density at radius 2 is 1.80 bits per heavy atom. The molecule has 1 aromatic carbocycles. The first kappa shape index (κ1) is 16.5. The zero-order chi connectivity index (χ0) is 18.0. The van der Waals surface area contributed by atoms with Crippen molar-refractivity contribution >= 4 is 34.0 Å². The number of carbonyl (C=O) groups is 2. The van der Waals surface area contributed by atoms with Crippen molar-refractivity contribution in [3.63, 3.8) is 0 Å². The predicted octanol–water partition coefficient (Wildman–Crippen LogP) is 1.04. The number of nitrogens with zero attached hydrogens (tertiary/aromatic N) is 1. The lowest BCUT2D eigenvalue weighted by Crippen LogP contribution is -2.27. The quantitative estimate of drug-likeness (QED) is 0.486. The maximum absolute atomic E-state index is 11.8. The summed E-state index contributed by atoms with van der Waals surface area (Å²) in [4.78, 5) is 45.7. The van der Waals surface area contributed by atoms with E-state index in [0.29, 0.717) is 10.6 Å². The fourth-order valence-corrected chi connectivity index (χ4v) is 2.95. The number of aromatic nitrogens is 1. The first-order chi connectivity index (χ1) is 12.0. The summed E-state index contributed by atoms with van der Waals surface area (Å²) in [6, 6.07) is 9.77. The maximum atomic E-state index is 11.8. The van der Waals surface area contributed by atoms with Crippen molar-refractivity contribution in [1.29, 1.82) is 0 Å². The highest BCUT2D eigenvalue weighted by Gasteiger charge is 2.21. The summed E-state index contributed by atoms with van der Waals surface area (Å²) < 4.78 is 0.720. The molecule has 2 amide bonds. The number of rotatable bonds is 6. The molecular formula is C15H12N4O5S. The smallest absolute Gasteiger partial charge is 0.340 e. The topological polar surface area (TPSA) is 130 Å². The highest BCUT2D eigenvalue weighted by Crippen LogP contribution is 2.28. The summed E-state index contributed by atoms with van der Waals surface area (Å²) in [6.45, 7) is 0.0905. The Kier molecular flexibility index (Phi) is 4.35. The molecule has 0 radical (unpaired) electrons. The number of carboxylic acids is 1. The molecule has 0 aliphatic rings. The Labute approximate surface area is 144 Å². The molecule has 10 heteroatoms. The fourth-order valence-electron chi connectivity index (χ4n) is 1.97. The number of amides is 2. The zero-order valence-electron chi connectivity index (χ0n) is 12.6. The van der Waals surface area contributed by atoms with E-state index in [-0.39, 0.29) is 17.1 Å². The molecule has 0 atom stereocenters. The highest BCUT2D eigenvalue weighted by atomic mass is 32.1. The van der Waals surface area contributed by atoms with Gasteiger partial charge in [-0.3, -0.25) is 15.0 Å². The van der Waals surface area contributed by atoms with Gasteiger partial charge in [0.1, 0.15) is 5.00 Å².